The molecule has 2 heterocycles. The Hall–Kier alpha value is -1.66. The van der Waals surface area contributed by atoms with Crippen molar-refractivity contribution in [1.82, 2.24) is 15.5 Å². The first-order chi connectivity index (χ1) is 10.1. The molecule has 21 heavy (non-hydrogen) atoms. The Labute approximate surface area is 124 Å². The van der Waals surface area contributed by atoms with Gasteiger partial charge in [0.25, 0.3) is 5.91 Å². The molecule has 1 fully saturated rings. The van der Waals surface area contributed by atoms with Gasteiger partial charge in [-0.05, 0) is 45.4 Å². The fourth-order valence-electron chi connectivity index (χ4n) is 2.47. The Morgan fingerprint density at radius 3 is 2.90 bits per heavy atom. The zero-order valence-corrected chi connectivity index (χ0v) is 12.6. The van der Waals surface area contributed by atoms with Crippen LogP contribution in [0.4, 0.5) is 0 Å². The van der Waals surface area contributed by atoms with Gasteiger partial charge >= 0.3 is 0 Å². The number of hydrogen-bond acceptors (Lipinski definition) is 5. The van der Waals surface area contributed by atoms with Crippen molar-refractivity contribution in [3.63, 3.8) is 0 Å². The second-order valence-electron chi connectivity index (χ2n) is 5.67. The highest BCUT2D eigenvalue weighted by atomic mass is 16.3. The van der Waals surface area contributed by atoms with Gasteiger partial charge < -0.3 is 9.73 Å². The zero-order chi connectivity index (χ0) is 15.2. The molecular weight excluding hydrogens is 270 g/mol. The molecule has 1 aliphatic rings. The van der Waals surface area contributed by atoms with Crippen molar-refractivity contribution >= 4 is 11.8 Å². The van der Waals surface area contributed by atoms with Gasteiger partial charge in [0, 0.05) is 18.6 Å². The molecule has 0 saturated carbocycles. The Morgan fingerprint density at radius 1 is 1.52 bits per heavy atom. The third-order valence-corrected chi connectivity index (χ3v) is 3.69. The van der Waals surface area contributed by atoms with E-state index in [0.717, 1.165) is 19.5 Å². The van der Waals surface area contributed by atoms with E-state index in [4.69, 9.17) is 4.42 Å². The fourth-order valence-corrected chi connectivity index (χ4v) is 2.47. The minimum atomic E-state index is -0.493. The van der Waals surface area contributed by atoms with Gasteiger partial charge in [-0.3, -0.25) is 19.8 Å². The summed E-state index contributed by atoms with van der Waals surface area (Å²) >= 11 is 0. The molecule has 1 unspecified atom stereocenters. The molecule has 2 amide bonds. The Kier molecular flexibility index (Phi) is 5.52. The standard InChI is InChI=1S/C15H23N3O3/c1-11(2)18(9-12-5-3-7-16-12)10-14(19)17-15(20)13-6-4-8-21-13/h4,6,8,11-12,16H,3,5,7,9-10H2,1-2H3,(H,17,19,20). The summed E-state index contributed by atoms with van der Waals surface area (Å²) in [4.78, 5) is 25.8. The first-order valence-electron chi connectivity index (χ1n) is 7.41. The van der Waals surface area contributed by atoms with Crippen LogP contribution in [0, 0.1) is 0 Å². The number of nitrogens with zero attached hydrogens (tertiary/aromatic N) is 1. The number of imide groups is 1. The van der Waals surface area contributed by atoms with Gasteiger partial charge in [0.05, 0.1) is 12.8 Å². The Balaban J connectivity index is 1.84. The van der Waals surface area contributed by atoms with Gasteiger partial charge in [-0.2, -0.15) is 0 Å². The predicted molar refractivity (Wildman–Crippen MR) is 78.9 cm³/mol. The van der Waals surface area contributed by atoms with Gasteiger partial charge in [0.1, 0.15) is 0 Å². The van der Waals surface area contributed by atoms with Gasteiger partial charge in [-0.25, -0.2) is 0 Å². The molecule has 6 nitrogen and oxygen atoms in total. The molecule has 1 aromatic heterocycles. The molecule has 0 aromatic carbocycles. The quantitative estimate of drug-likeness (QED) is 0.818. The molecule has 0 bridgehead atoms. The maximum atomic E-state index is 12.0. The van der Waals surface area contributed by atoms with Crippen LogP contribution in [0.3, 0.4) is 0 Å². The minimum absolute atomic E-state index is 0.150. The summed E-state index contributed by atoms with van der Waals surface area (Å²) in [7, 11) is 0. The number of carbonyl (C=O) groups excluding carboxylic acids is 2. The number of nitrogens with one attached hydrogen (secondary N) is 2. The second kappa shape index (κ2) is 7.38. The van der Waals surface area contributed by atoms with E-state index in [1.54, 1.807) is 6.07 Å². The van der Waals surface area contributed by atoms with Crippen molar-refractivity contribution in [2.75, 3.05) is 19.6 Å². The van der Waals surface area contributed by atoms with Crippen LogP contribution in [0.25, 0.3) is 0 Å². The lowest BCUT2D eigenvalue weighted by atomic mass is 10.2. The highest BCUT2D eigenvalue weighted by Gasteiger charge is 2.22. The summed E-state index contributed by atoms with van der Waals surface area (Å²) < 4.78 is 4.97. The van der Waals surface area contributed by atoms with Crippen molar-refractivity contribution < 1.29 is 14.0 Å². The summed E-state index contributed by atoms with van der Waals surface area (Å²) in [5.41, 5.74) is 0. The monoisotopic (exact) mass is 293 g/mol. The maximum Gasteiger partial charge on any atom is 0.293 e. The number of carbonyl (C=O) groups is 2. The maximum absolute atomic E-state index is 12.0. The van der Waals surface area contributed by atoms with Crippen LogP contribution in [0.5, 0.6) is 0 Å². The molecule has 1 aliphatic heterocycles. The van der Waals surface area contributed by atoms with Crippen LogP contribution >= 0.6 is 0 Å². The van der Waals surface area contributed by atoms with Crippen molar-refractivity contribution in [2.24, 2.45) is 0 Å². The van der Waals surface area contributed by atoms with Crippen LogP contribution in [0.1, 0.15) is 37.2 Å². The number of amides is 2. The smallest absolute Gasteiger partial charge is 0.293 e. The summed E-state index contributed by atoms with van der Waals surface area (Å²) in [5, 5.41) is 5.78. The van der Waals surface area contributed by atoms with E-state index in [1.807, 2.05) is 0 Å². The third kappa shape index (κ3) is 4.68. The average Bonchev–Trinajstić information content (AvgIpc) is 3.10. The van der Waals surface area contributed by atoms with Crippen LogP contribution in [0.2, 0.25) is 0 Å². The van der Waals surface area contributed by atoms with Crippen LogP contribution < -0.4 is 10.6 Å². The van der Waals surface area contributed by atoms with Gasteiger partial charge in [0.15, 0.2) is 5.76 Å². The molecule has 0 spiro atoms. The van der Waals surface area contributed by atoms with Crippen molar-refractivity contribution in [2.45, 2.75) is 38.8 Å². The molecule has 2 rings (SSSR count). The summed E-state index contributed by atoms with van der Waals surface area (Å²) in [5.74, 6) is -0.646. The highest BCUT2D eigenvalue weighted by molar-refractivity contribution is 6.03. The molecule has 0 aliphatic carbocycles. The van der Waals surface area contributed by atoms with Crippen LogP contribution in [0.15, 0.2) is 22.8 Å². The second-order valence-corrected chi connectivity index (χ2v) is 5.67. The van der Waals surface area contributed by atoms with E-state index in [2.05, 4.69) is 29.4 Å². The summed E-state index contributed by atoms with van der Waals surface area (Å²) in [6.45, 7) is 6.18. The lowest BCUT2D eigenvalue weighted by molar-refractivity contribution is -0.121. The summed E-state index contributed by atoms with van der Waals surface area (Å²) in [6.07, 6.45) is 3.72. The molecule has 116 valence electrons. The van der Waals surface area contributed by atoms with E-state index in [1.165, 1.54) is 18.8 Å². The number of furan rings is 1. The molecule has 1 saturated heterocycles. The third-order valence-electron chi connectivity index (χ3n) is 3.69. The fraction of sp³-hybridized carbons (Fsp3) is 0.600. The predicted octanol–water partition coefficient (Wildman–Crippen LogP) is 0.998. The van der Waals surface area contributed by atoms with Crippen molar-refractivity contribution in [1.29, 1.82) is 0 Å². The van der Waals surface area contributed by atoms with Crippen LogP contribution in [-0.2, 0) is 4.79 Å². The van der Waals surface area contributed by atoms with E-state index < -0.39 is 5.91 Å². The van der Waals surface area contributed by atoms with Crippen LogP contribution in [-0.4, -0.2) is 48.4 Å². The topological polar surface area (TPSA) is 74.6 Å². The van der Waals surface area contributed by atoms with Gasteiger partial charge in [-0.15, -0.1) is 0 Å². The van der Waals surface area contributed by atoms with Crippen molar-refractivity contribution in [3.05, 3.63) is 24.2 Å². The average molecular weight is 293 g/mol. The normalized spacial score (nSPS) is 18.4. The SMILES string of the molecule is CC(C)N(CC(=O)NC(=O)c1ccco1)CC1CCCN1. The van der Waals surface area contributed by atoms with E-state index in [9.17, 15) is 9.59 Å². The molecule has 0 radical (unpaired) electrons. The molecule has 2 N–H and O–H groups in total. The summed E-state index contributed by atoms with van der Waals surface area (Å²) in [6, 6.07) is 3.83. The molecule has 1 atom stereocenters. The van der Waals surface area contributed by atoms with Gasteiger partial charge in [0.2, 0.25) is 5.91 Å². The van der Waals surface area contributed by atoms with Gasteiger partial charge in [-0.1, -0.05) is 0 Å². The first kappa shape index (κ1) is 15.7. The van der Waals surface area contributed by atoms with Crippen molar-refractivity contribution in [3.8, 4) is 0 Å². The van der Waals surface area contributed by atoms with E-state index in [-0.39, 0.29) is 24.3 Å². The lowest BCUT2D eigenvalue weighted by Gasteiger charge is -2.28. The number of hydrogen-bond donors (Lipinski definition) is 2. The first-order valence-corrected chi connectivity index (χ1v) is 7.41. The lowest BCUT2D eigenvalue weighted by Crippen LogP contribution is -2.47. The Morgan fingerprint density at radius 2 is 2.33 bits per heavy atom. The largest absolute Gasteiger partial charge is 0.459 e. The van der Waals surface area contributed by atoms with E-state index in [0.29, 0.717) is 6.04 Å². The zero-order valence-electron chi connectivity index (χ0n) is 12.6. The highest BCUT2D eigenvalue weighted by Crippen LogP contribution is 2.09. The molecule has 6 heteroatoms. The Bertz CT molecular complexity index is 465. The van der Waals surface area contributed by atoms with E-state index >= 15 is 0 Å². The molecule has 1 aromatic rings. The minimum Gasteiger partial charge on any atom is -0.459 e. The molecular formula is C15H23N3O3. The number of rotatable bonds is 6.